The van der Waals surface area contributed by atoms with Crippen molar-refractivity contribution >= 4 is 28.2 Å². The number of fused-ring (bicyclic) bond motifs is 1. The molecule has 0 fully saturated rings. The van der Waals surface area contributed by atoms with Crippen molar-refractivity contribution in [3.63, 3.8) is 0 Å². The molecule has 1 N–H and O–H groups in total. The smallest absolute Gasteiger partial charge is 0.303 e. The van der Waals surface area contributed by atoms with Gasteiger partial charge in [-0.1, -0.05) is 18.2 Å². The summed E-state index contributed by atoms with van der Waals surface area (Å²) >= 11 is 0. The predicted octanol–water partition coefficient (Wildman–Crippen LogP) is 4.52. The van der Waals surface area contributed by atoms with Gasteiger partial charge in [0, 0.05) is 30.6 Å². The van der Waals surface area contributed by atoms with Gasteiger partial charge in [-0.2, -0.15) is 5.26 Å². The van der Waals surface area contributed by atoms with Gasteiger partial charge in [0.05, 0.1) is 24.9 Å². The lowest BCUT2D eigenvalue weighted by Gasteiger charge is -2.23. The van der Waals surface area contributed by atoms with Crippen LogP contribution in [0.5, 0.6) is 11.5 Å². The van der Waals surface area contributed by atoms with E-state index < -0.39 is 5.97 Å². The summed E-state index contributed by atoms with van der Waals surface area (Å²) in [6.07, 6.45) is 1.31. The van der Waals surface area contributed by atoms with Crippen molar-refractivity contribution in [2.24, 2.45) is 0 Å². The molecule has 0 bridgehead atoms. The summed E-state index contributed by atoms with van der Waals surface area (Å²) in [6, 6.07) is 17.2. The zero-order valence-electron chi connectivity index (χ0n) is 17.0. The maximum atomic E-state index is 10.6. The zero-order valence-corrected chi connectivity index (χ0v) is 17.0. The second-order valence-corrected chi connectivity index (χ2v) is 6.75. The van der Waals surface area contributed by atoms with Crippen LogP contribution >= 0.6 is 0 Å². The highest BCUT2D eigenvalue weighted by Gasteiger charge is 2.14. The molecule has 0 aliphatic rings. The number of nitriles is 1. The molecule has 3 aromatic rings. The third kappa shape index (κ3) is 4.78. The van der Waals surface area contributed by atoms with Crippen molar-refractivity contribution in [1.29, 1.82) is 5.26 Å². The topological polar surface area (TPSA) is 95.7 Å². The third-order valence-electron chi connectivity index (χ3n) is 4.75. The number of benzene rings is 2. The van der Waals surface area contributed by atoms with E-state index in [0.29, 0.717) is 36.6 Å². The van der Waals surface area contributed by atoms with Gasteiger partial charge in [-0.15, -0.1) is 0 Å². The lowest BCUT2D eigenvalue weighted by molar-refractivity contribution is -0.137. The number of anilines is 2. The summed E-state index contributed by atoms with van der Waals surface area (Å²) < 4.78 is 11.3. The van der Waals surface area contributed by atoms with Gasteiger partial charge in [0.25, 0.3) is 0 Å². The number of para-hydroxylation sites is 1. The molecule has 0 unspecified atom stereocenters. The van der Waals surface area contributed by atoms with Crippen LogP contribution < -0.4 is 14.4 Å². The Morgan fingerprint density at radius 1 is 1.17 bits per heavy atom. The van der Waals surface area contributed by atoms with Crippen molar-refractivity contribution in [3.05, 3.63) is 54.2 Å². The van der Waals surface area contributed by atoms with Gasteiger partial charge in [0.1, 0.15) is 11.8 Å². The highest BCUT2D eigenvalue weighted by Crippen LogP contribution is 2.36. The minimum absolute atomic E-state index is 0.125. The molecule has 7 heteroatoms. The number of pyridine rings is 1. The van der Waals surface area contributed by atoms with E-state index in [9.17, 15) is 10.1 Å². The Hall–Kier alpha value is -3.79. The average molecular weight is 405 g/mol. The Morgan fingerprint density at radius 2 is 1.97 bits per heavy atom. The molecule has 0 radical (unpaired) electrons. The lowest BCUT2D eigenvalue weighted by atomic mass is 10.1. The van der Waals surface area contributed by atoms with Crippen LogP contribution in [0, 0.1) is 11.3 Å². The number of methoxy groups -OCH3 is 1. The molecule has 0 spiro atoms. The van der Waals surface area contributed by atoms with Crippen LogP contribution in [0.15, 0.2) is 48.5 Å². The van der Waals surface area contributed by atoms with E-state index in [0.717, 1.165) is 22.3 Å². The number of hydrogen-bond acceptors (Lipinski definition) is 6. The number of hydrogen-bond donors (Lipinski definition) is 1. The SMILES string of the molecule is COc1ccc(N(C)c2cc(C#N)nc3ccccc23)cc1OCCCCC(=O)O. The second kappa shape index (κ2) is 9.61. The molecule has 1 aromatic heterocycles. The Kier molecular flexibility index (Phi) is 6.71. The first kappa shape index (κ1) is 20.9. The van der Waals surface area contributed by atoms with Gasteiger partial charge in [-0.25, -0.2) is 4.98 Å². The highest BCUT2D eigenvalue weighted by molar-refractivity contribution is 5.94. The molecular weight excluding hydrogens is 382 g/mol. The van der Waals surface area contributed by atoms with Crippen LogP contribution in [-0.4, -0.2) is 36.8 Å². The molecule has 0 saturated carbocycles. The number of ether oxygens (including phenoxy) is 2. The lowest BCUT2D eigenvalue weighted by Crippen LogP contribution is -2.11. The number of aromatic nitrogens is 1. The van der Waals surface area contributed by atoms with Crippen LogP contribution in [0.3, 0.4) is 0 Å². The molecule has 7 nitrogen and oxygen atoms in total. The Morgan fingerprint density at radius 3 is 2.70 bits per heavy atom. The van der Waals surface area contributed by atoms with E-state index in [1.807, 2.05) is 54.4 Å². The fourth-order valence-electron chi connectivity index (χ4n) is 3.18. The molecule has 3 rings (SSSR count). The molecule has 0 atom stereocenters. The first-order valence-corrected chi connectivity index (χ1v) is 9.59. The minimum Gasteiger partial charge on any atom is -0.493 e. The van der Waals surface area contributed by atoms with Crippen LogP contribution in [-0.2, 0) is 4.79 Å². The van der Waals surface area contributed by atoms with Crippen molar-refractivity contribution in [2.45, 2.75) is 19.3 Å². The predicted molar refractivity (Wildman–Crippen MR) is 114 cm³/mol. The van der Waals surface area contributed by atoms with Gasteiger partial charge in [0.2, 0.25) is 0 Å². The summed E-state index contributed by atoms with van der Waals surface area (Å²) in [7, 11) is 3.49. The Labute approximate surface area is 175 Å². The maximum absolute atomic E-state index is 10.6. The fraction of sp³-hybridized carbons (Fsp3) is 0.261. The summed E-state index contributed by atoms with van der Waals surface area (Å²) in [6.45, 7) is 0.396. The van der Waals surface area contributed by atoms with Crippen LogP contribution in [0.4, 0.5) is 11.4 Å². The van der Waals surface area contributed by atoms with Gasteiger partial charge in [-0.05, 0) is 37.1 Å². The van der Waals surface area contributed by atoms with Gasteiger partial charge >= 0.3 is 5.97 Å². The van der Waals surface area contributed by atoms with Gasteiger partial charge in [0.15, 0.2) is 11.5 Å². The number of carboxylic acid groups (broad SMARTS) is 1. The largest absolute Gasteiger partial charge is 0.493 e. The molecule has 154 valence electrons. The molecule has 30 heavy (non-hydrogen) atoms. The van der Waals surface area contributed by atoms with Gasteiger partial charge in [-0.3, -0.25) is 4.79 Å². The fourth-order valence-corrected chi connectivity index (χ4v) is 3.18. The van der Waals surface area contributed by atoms with Crippen molar-refractivity contribution < 1.29 is 19.4 Å². The van der Waals surface area contributed by atoms with Crippen LogP contribution in [0.1, 0.15) is 25.0 Å². The molecular formula is C23H23N3O4. The second-order valence-electron chi connectivity index (χ2n) is 6.75. The molecule has 0 aliphatic carbocycles. The summed E-state index contributed by atoms with van der Waals surface area (Å²) in [5, 5.41) is 19.0. The maximum Gasteiger partial charge on any atom is 0.303 e. The monoisotopic (exact) mass is 405 g/mol. The van der Waals surface area contributed by atoms with Crippen molar-refractivity contribution in [1.82, 2.24) is 4.98 Å². The molecule has 0 amide bonds. The average Bonchev–Trinajstić information content (AvgIpc) is 2.77. The first-order chi connectivity index (χ1) is 14.5. The Balaban J connectivity index is 1.88. The number of rotatable bonds is 9. The summed E-state index contributed by atoms with van der Waals surface area (Å²) in [4.78, 5) is 17.0. The van der Waals surface area contributed by atoms with Crippen molar-refractivity contribution in [2.75, 3.05) is 25.7 Å². The van der Waals surface area contributed by atoms with Gasteiger partial charge < -0.3 is 19.5 Å². The van der Waals surface area contributed by atoms with E-state index in [2.05, 4.69) is 11.1 Å². The Bertz CT molecular complexity index is 1090. The van der Waals surface area contributed by atoms with Crippen molar-refractivity contribution in [3.8, 4) is 17.6 Å². The normalized spacial score (nSPS) is 10.4. The summed E-state index contributed by atoms with van der Waals surface area (Å²) in [5.41, 5.74) is 2.81. The van der Waals surface area contributed by atoms with Crippen LogP contribution in [0.2, 0.25) is 0 Å². The zero-order chi connectivity index (χ0) is 21.5. The van der Waals surface area contributed by atoms with E-state index in [-0.39, 0.29) is 6.42 Å². The summed E-state index contributed by atoms with van der Waals surface area (Å²) in [5.74, 6) is 0.372. The number of nitrogens with zero attached hydrogens (tertiary/aromatic N) is 3. The van der Waals surface area contributed by atoms with Crippen LogP contribution in [0.25, 0.3) is 10.9 Å². The van der Waals surface area contributed by atoms with E-state index in [1.54, 1.807) is 13.2 Å². The quantitative estimate of drug-likeness (QED) is 0.523. The number of carboxylic acids is 1. The molecule has 0 saturated heterocycles. The molecule has 1 heterocycles. The number of aliphatic carboxylic acids is 1. The van der Waals surface area contributed by atoms with E-state index >= 15 is 0 Å². The first-order valence-electron chi connectivity index (χ1n) is 9.59. The van der Waals surface area contributed by atoms with E-state index in [4.69, 9.17) is 14.6 Å². The third-order valence-corrected chi connectivity index (χ3v) is 4.75. The number of carbonyl (C=O) groups is 1. The highest BCUT2D eigenvalue weighted by atomic mass is 16.5. The molecule has 2 aromatic carbocycles. The molecule has 0 aliphatic heterocycles. The number of unbranched alkanes of at least 4 members (excludes halogenated alkanes) is 1. The minimum atomic E-state index is -0.808. The standard InChI is InChI=1S/C23H23N3O4/c1-26(20-13-16(15-24)25-19-8-4-3-7-18(19)20)17-10-11-21(29-2)22(14-17)30-12-6-5-9-23(27)28/h3-4,7-8,10-11,13-14H,5-6,9,12H2,1-2H3,(H,27,28). The van der Waals surface area contributed by atoms with E-state index in [1.165, 1.54) is 0 Å².